The summed E-state index contributed by atoms with van der Waals surface area (Å²) in [5.74, 6) is 0. The molecule has 0 rings (SSSR count). The number of rotatable bonds is 14. The van der Waals surface area contributed by atoms with Crippen molar-refractivity contribution in [1.29, 1.82) is 0 Å². The Morgan fingerprint density at radius 1 is 0.818 bits per heavy atom. The van der Waals surface area contributed by atoms with Crippen LogP contribution in [0.15, 0.2) is 0 Å². The lowest BCUT2D eigenvalue weighted by atomic mass is 9.82. The molecular formula is C19H39NO2. The van der Waals surface area contributed by atoms with Crippen molar-refractivity contribution < 1.29 is 9.90 Å². The number of nitrogens with zero attached hydrogens (tertiary/aromatic N) is 1. The fourth-order valence-electron chi connectivity index (χ4n) is 3.38. The van der Waals surface area contributed by atoms with Crippen molar-refractivity contribution in [3.05, 3.63) is 0 Å². The lowest BCUT2D eigenvalue weighted by Crippen LogP contribution is -2.51. The van der Waals surface area contributed by atoms with Crippen molar-refractivity contribution in [2.45, 2.75) is 110 Å². The van der Waals surface area contributed by atoms with E-state index in [1.54, 1.807) is 4.90 Å². The highest BCUT2D eigenvalue weighted by molar-refractivity contribution is 5.66. The minimum atomic E-state index is -0.718. The van der Waals surface area contributed by atoms with Crippen LogP contribution in [0.25, 0.3) is 0 Å². The summed E-state index contributed by atoms with van der Waals surface area (Å²) in [6.45, 7) is 9.46. The first-order valence-corrected chi connectivity index (χ1v) is 9.58. The third-order valence-corrected chi connectivity index (χ3v) is 4.94. The molecule has 0 saturated carbocycles. The topological polar surface area (TPSA) is 40.5 Å². The molecule has 1 N–H and O–H groups in total. The van der Waals surface area contributed by atoms with Crippen LogP contribution in [0.2, 0.25) is 0 Å². The summed E-state index contributed by atoms with van der Waals surface area (Å²) in [4.78, 5) is 13.7. The van der Waals surface area contributed by atoms with E-state index >= 15 is 0 Å². The van der Waals surface area contributed by atoms with Crippen molar-refractivity contribution in [2.75, 3.05) is 6.54 Å². The molecule has 0 spiro atoms. The van der Waals surface area contributed by atoms with E-state index in [0.717, 1.165) is 57.8 Å². The Bertz CT molecular complexity index is 281. The first kappa shape index (κ1) is 21.3. The largest absolute Gasteiger partial charge is 0.465 e. The predicted molar refractivity (Wildman–Crippen MR) is 95.6 cm³/mol. The van der Waals surface area contributed by atoms with E-state index in [4.69, 9.17) is 0 Å². The van der Waals surface area contributed by atoms with Crippen molar-refractivity contribution in [3.63, 3.8) is 0 Å². The first-order valence-electron chi connectivity index (χ1n) is 9.58. The Labute approximate surface area is 138 Å². The van der Waals surface area contributed by atoms with Crippen LogP contribution in [0.1, 0.15) is 105 Å². The van der Waals surface area contributed by atoms with Gasteiger partial charge in [0.05, 0.1) is 0 Å². The van der Waals surface area contributed by atoms with Crippen molar-refractivity contribution in [1.82, 2.24) is 4.90 Å². The number of hydrogen-bond acceptors (Lipinski definition) is 1. The minimum absolute atomic E-state index is 0.136. The van der Waals surface area contributed by atoms with Crippen LogP contribution in [-0.4, -0.2) is 28.2 Å². The number of unbranched alkanes of at least 4 members (excludes halogenated alkanes) is 6. The Morgan fingerprint density at radius 2 is 1.36 bits per heavy atom. The van der Waals surface area contributed by atoms with Gasteiger partial charge in [0, 0.05) is 12.1 Å². The molecule has 1 atom stereocenters. The highest BCUT2D eigenvalue weighted by atomic mass is 16.4. The van der Waals surface area contributed by atoms with Gasteiger partial charge >= 0.3 is 6.09 Å². The van der Waals surface area contributed by atoms with Gasteiger partial charge < -0.3 is 10.0 Å². The average molecular weight is 314 g/mol. The van der Waals surface area contributed by atoms with Crippen LogP contribution in [0.4, 0.5) is 4.79 Å². The second-order valence-electron chi connectivity index (χ2n) is 6.63. The summed E-state index contributed by atoms with van der Waals surface area (Å²) >= 11 is 0. The van der Waals surface area contributed by atoms with E-state index in [1.807, 2.05) is 0 Å². The molecule has 3 nitrogen and oxygen atoms in total. The molecule has 0 heterocycles. The van der Waals surface area contributed by atoms with Crippen LogP contribution in [-0.2, 0) is 0 Å². The Morgan fingerprint density at radius 3 is 1.86 bits per heavy atom. The van der Waals surface area contributed by atoms with Crippen molar-refractivity contribution >= 4 is 6.09 Å². The molecule has 0 aromatic carbocycles. The number of hydrogen-bond donors (Lipinski definition) is 1. The summed E-state index contributed by atoms with van der Waals surface area (Å²) in [6.07, 6.45) is 12.7. The molecule has 1 amide bonds. The SMILES string of the molecule is CCCCCCC(CC)(CCCC)N(CCCCC)C(=O)O. The van der Waals surface area contributed by atoms with Crippen molar-refractivity contribution in [2.24, 2.45) is 0 Å². The van der Waals surface area contributed by atoms with Gasteiger partial charge in [-0.2, -0.15) is 0 Å². The summed E-state index contributed by atoms with van der Waals surface area (Å²) in [7, 11) is 0. The monoisotopic (exact) mass is 313 g/mol. The summed E-state index contributed by atoms with van der Waals surface area (Å²) in [6, 6.07) is 0. The van der Waals surface area contributed by atoms with Crippen LogP contribution >= 0.6 is 0 Å². The van der Waals surface area contributed by atoms with Crippen molar-refractivity contribution in [3.8, 4) is 0 Å². The number of carbonyl (C=O) groups is 1. The standard InChI is InChI=1S/C19H39NO2/c1-5-9-12-13-16-19(8-4,15-11-7-3)20(18(21)22)17-14-10-6-2/h5-17H2,1-4H3,(H,21,22). The van der Waals surface area contributed by atoms with E-state index in [-0.39, 0.29) is 5.54 Å². The highest BCUT2D eigenvalue weighted by Crippen LogP contribution is 2.33. The predicted octanol–water partition coefficient (Wildman–Crippen LogP) is 6.47. The van der Waals surface area contributed by atoms with Gasteiger partial charge in [0.2, 0.25) is 0 Å². The summed E-state index contributed by atoms with van der Waals surface area (Å²) in [5, 5.41) is 9.77. The quantitative estimate of drug-likeness (QED) is 0.373. The Kier molecular flexibility index (Phi) is 12.4. The molecule has 0 radical (unpaired) electrons. The molecular weight excluding hydrogens is 274 g/mol. The zero-order chi connectivity index (χ0) is 16.8. The van der Waals surface area contributed by atoms with E-state index in [0.29, 0.717) is 6.54 Å². The molecule has 0 saturated heterocycles. The van der Waals surface area contributed by atoms with Crippen LogP contribution in [0.5, 0.6) is 0 Å². The van der Waals surface area contributed by atoms with E-state index < -0.39 is 6.09 Å². The lowest BCUT2D eigenvalue weighted by molar-refractivity contribution is 0.0550. The second-order valence-corrected chi connectivity index (χ2v) is 6.63. The van der Waals surface area contributed by atoms with E-state index in [2.05, 4.69) is 27.7 Å². The Balaban J connectivity index is 4.95. The zero-order valence-electron chi connectivity index (χ0n) is 15.5. The molecule has 0 aromatic rings. The molecule has 0 fully saturated rings. The van der Waals surface area contributed by atoms with Gasteiger partial charge in [-0.05, 0) is 25.7 Å². The highest BCUT2D eigenvalue weighted by Gasteiger charge is 2.36. The molecule has 0 aliphatic heterocycles. The minimum Gasteiger partial charge on any atom is -0.465 e. The molecule has 0 bridgehead atoms. The summed E-state index contributed by atoms with van der Waals surface area (Å²) in [5.41, 5.74) is -0.136. The maximum absolute atomic E-state index is 11.9. The molecule has 22 heavy (non-hydrogen) atoms. The van der Waals surface area contributed by atoms with Gasteiger partial charge in [0.25, 0.3) is 0 Å². The average Bonchev–Trinajstić information content (AvgIpc) is 2.51. The van der Waals surface area contributed by atoms with Gasteiger partial charge in [-0.25, -0.2) is 4.79 Å². The maximum Gasteiger partial charge on any atom is 0.407 e. The molecule has 132 valence electrons. The third-order valence-electron chi connectivity index (χ3n) is 4.94. The van der Waals surface area contributed by atoms with Crippen LogP contribution < -0.4 is 0 Å². The van der Waals surface area contributed by atoms with Crippen LogP contribution in [0.3, 0.4) is 0 Å². The van der Waals surface area contributed by atoms with Gasteiger partial charge in [-0.3, -0.25) is 0 Å². The third kappa shape index (κ3) is 7.51. The molecule has 0 aliphatic rings. The van der Waals surface area contributed by atoms with Gasteiger partial charge in [-0.15, -0.1) is 0 Å². The fourth-order valence-corrected chi connectivity index (χ4v) is 3.38. The number of amides is 1. The normalized spacial score (nSPS) is 13.8. The molecule has 3 heteroatoms. The number of carboxylic acid groups (broad SMARTS) is 1. The molecule has 0 aromatic heterocycles. The van der Waals surface area contributed by atoms with Gasteiger partial charge in [0.1, 0.15) is 0 Å². The fraction of sp³-hybridized carbons (Fsp3) is 0.947. The lowest BCUT2D eigenvalue weighted by Gasteiger charge is -2.43. The van der Waals surface area contributed by atoms with E-state index in [9.17, 15) is 9.90 Å². The second kappa shape index (κ2) is 12.8. The maximum atomic E-state index is 11.9. The van der Waals surface area contributed by atoms with Gasteiger partial charge in [0.15, 0.2) is 0 Å². The first-order chi connectivity index (χ1) is 10.6. The van der Waals surface area contributed by atoms with Crippen LogP contribution in [0, 0.1) is 0 Å². The molecule has 0 aliphatic carbocycles. The zero-order valence-corrected chi connectivity index (χ0v) is 15.5. The van der Waals surface area contributed by atoms with Gasteiger partial charge in [-0.1, -0.05) is 79.1 Å². The Hall–Kier alpha value is -0.730. The smallest absolute Gasteiger partial charge is 0.407 e. The van der Waals surface area contributed by atoms with E-state index in [1.165, 1.54) is 19.3 Å². The molecule has 1 unspecified atom stereocenters. The summed E-state index contributed by atoms with van der Waals surface area (Å²) < 4.78 is 0.